The Morgan fingerprint density at radius 3 is 2.35 bits per heavy atom. The molecule has 0 saturated heterocycles. The predicted molar refractivity (Wildman–Crippen MR) is 72.2 cm³/mol. The Bertz CT molecular complexity index is 745. The van der Waals surface area contributed by atoms with E-state index in [1.165, 1.54) is 0 Å². The predicted octanol–water partition coefficient (Wildman–Crippen LogP) is 1.73. The summed E-state index contributed by atoms with van der Waals surface area (Å²) in [5, 5.41) is 7.36. The summed E-state index contributed by atoms with van der Waals surface area (Å²) in [6.45, 7) is 0. The van der Waals surface area contributed by atoms with Crippen molar-refractivity contribution in [3.63, 3.8) is 0 Å². The van der Waals surface area contributed by atoms with Crippen molar-refractivity contribution < 1.29 is 17.6 Å². The maximum absolute atomic E-state index is 13.2. The molecule has 7 heteroatoms. The monoisotopic (exact) mass is 294 g/mol. The minimum atomic E-state index is -4.06. The van der Waals surface area contributed by atoms with Gasteiger partial charge in [-0.2, -0.15) is 0 Å². The lowest BCUT2D eigenvalue weighted by Gasteiger charge is -2.09. The highest BCUT2D eigenvalue weighted by Gasteiger charge is 2.17. The van der Waals surface area contributed by atoms with Crippen LogP contribution in [0.15, 0.2) is 53.4 Å². The van der Waals surface area contributed by atoms with Gasteiger partial charge in [0.05, 0.1) is 5.69 Å². The van der Waals surface area contributed by atoms with Gasteiger partial charge >= 0.3 is 0 Å². The number of sulfonamides is 1. The van der Waals surface area contributed by atoms with Crippen LogP contribution >= 0.6 is 0 Å². The van der Waals surface area contributed by atoms with Gasteiger partial charge in [0.25, 0.3) is 5.91 Å². The molecule has 104 valence electrons. The van der Waals surface area contributed by atoms with E-state index in [0.717, 1.165) is 18.2 Å². The Kier molecular flexibility index (Phi) is 3.82. The van der Waals surface area contributed by atoms with E-state index in [1.54, 1.807) is 30.3 Å². The van der Waals surface area contributed by atoms with Crippen LogP contribution in [0.2, 0.25) is 0 Å². The first-order chi connectivity index (χ1) is 9.38. The first-order valence-electron chi connectivity index (χ1n) is 5.56. The molecule has 0 radical (unpaired) electrons. The Labute approximate surface area is 115 Å². The van der Waals surface area contributed by atoms with Gasteiger partial charge in [-0.15, -0.1) is 0 Å². The van der Waals surface area contributed by atoms with Crippen molar-refractivity contribution in [2.24, 2.45) is 5.14 Å². The molecule has 2 rings (SSSR count). The maximum Gasteiger partial charge on any atom is 0.255 e. The molecule has 0 aromatic heterocycles. The highest BCUT2D eigenvalue weighted by Crippen LogP contribution is 2.21. The zero-order valence-corrected chi connectivity index (χ0v) is 11.0. The number of primary sulfonamides is 1. The number of hydrogen-bond acceptors (Lipinski definition) is 3. The molecular weight excluding hydrogens is 283 g/mol. The third-order valence-corrected chi connectivity index (χ3v) is 3.50. The van der Waals surface area contributed by atoms with Crippen LogP contribution < -0.4 is 10.5 Å². The second-order valence-electron chi connectivity index (χ2n) is 4.01. The summed E-state index contributed by atoms with van der Waals surface area (Å²) in [7, 11) is -4.06. The Hall–Kier alpha value is -2.25. The summed E-state index contributed by atoms with van der Waals surface area (Å²) < 4.78 is 36.0. The highest BCUT2D eigenvalue weighted by atomic mass is 32.2. The lowest BCUT2D eigenvalue weighted by Crippen LogP contribution is -2.18. The Morgan fingerprint density at radius 2 is 1.75 bits per heavy atom. The van der Waals surface area contributed by atoms with Gasteiger partial charge in [-0.3, -0.25) is 4.79 Å². The van der Waals surface area contributed by atoms with Gasteiger partial charge in [0.15, 0.2) is 0 Å². The van der Waals surface area contributed by atoms with Gasteiger partial charge in [-0.1, -0.05) is 18.2 Å². The highest BCUT2D eigenvalue weighted by molar-refractivity contribution is 7.89. The van der Waals surface area contributed by atoms with Crippen molar-refractivity contribution >= 4 is 21.6 Å². The third kappa shape index (κ3) is 3.19. The smallest absolute Gasteiger partial charge is 0.255 e. The number of benzene rings is 2. The lowest BCUT2D eigenvalue weighted by molar-refractivity contribution is 0.102. The van der Waals surface area contributed by atoms with E-state index in [0.29, 0.717) is 5.56 Å². The van der Waals surface area contributed by atoms with E-state index < -0.39 is 21.7 Å². The maximum atomic E-state index is 13.2. The second-order valence-corrected chi connectivity index (χ2v) is 5.54. The van der Waals surface area contributed by atoms with E-state index in [4.69, 9.17) is 5.14 Å². The number of carbonyl (C=O) groups excluding carboxylic acids is 1. The average molecular weight is 294 g/mol. The van der Waals surface area contributed by atoms with Crippen LogP contribution in [0.4, 0.5) is 10.1 Å². The number of amides is 1. The van der Waals surface area contributed by atoms with Crippen molar-refractivity contribution in [2.45, 2.75) is 4.90 Å². The summed E-state index contributed by atoms with van der Waals surface area (Å²) in [4.78, 5) is 11.6. The fraction of sp³-hybridized carbons (Fsp3) is 0. The Morgan fingerprint density at radius 1 is 1.10 bits per heavy atom. The topological polar surface area (TPSA) is 89.3 Å². The first-order valence-corrected chi connectivity index (χ1v) is 7.11. The normalized spacial score (nSPS) is 11.1. The molecule has 0 unspecified atom stereocenters. The fourth-order valence-corrected chi connectivity index (χ4v) is 2.31. The van der Waals surface area contributed by atoms with Crippen LogP contribution in [0.25, 0.3) is 0 Å². The second kappa shape index (κ2) is 5.40. The van der Waals surface area contributed by atoms with Crippen LogP contribution in [0.1, 0.15) is 10.4 Å². The lowest BCUT2D eigenvalue weighted by atomic mass is 10.2. The molecule has 0 spiro atoms. The summed E-state index contributed by atoms with van der Waals surface area (Å²) in [5.74, 6) is -1.23. The molecule has 3 N–H and O–H groups in total. The summed E-state index contributed by atoms with van der Waals surface area (Å²) in [6, 6.07) is 11.0. The van der Waals surface area contributed by atoms with E-state index >= 15 is 0 Å². The average Bonchev–Trinajstić information content (AvgIpc) is 2.38. The van der Waals surface area contributed by atoms with Gasteiger partial charge < -0.3 is 5.32 Å². The van der Waals surface area contributed by atoms with Crippen molar-refractivity contribution in [3.05, 3.63) is 59.9 Å². The number of carbonyl (C=O) groups is 1. The minimum absolute atomic E-state index is 0.193. The van der Waals surface area contributed by atoms with Crippen molar-refractivity contribution in [3.8, 4) is 0 Å². The quantitative estimate of drug-likeness (QED) is 0.903. The molecular formula is C13H11FN2O3S. The van der Waals surface area contributed by atoms with E-state index in [9.17, 15) is 17.6 Å². The summed E-state index contributed by atoms with van der Waals surface area (Å²) in [6.07, 6.45) is 0. The van der Waals surface area contributed by atoms with E-state index in [-0.39, 0.29) is 10.6 Å². The van der Waals surface area contributed by atoms with Gasteiger partial charge in [0.2, 0.25) is 10.0 Å². The number of rotatable bonds is 3. The van der Waals surface area contributed by atoms with Crippen LogP contribution in [0, 0.1) is 5.82 Å². The van der Waals surface area contributed by atoms with Gasteiger partial charge in [-0.05, 0) is 30.3 Å². The van der Waals surface area contributed by atoms with Gasteiger partial charge in [-0.25, -0.2) is 17.9 Å². The Balaban J connectivity index is 2.39. The van der Waals surface area contributed by atoms with E-state index in [1.807, 2.05) is 0 Å². The molecule has 1 amide bonds. The van der Waals surface area contributed by atoms with Gasteiger partial charge in [0, 0.05) is 5.56 Å². The SMILES string of the molecule is NS(=O)(=O)c1ccc(F)cc1NC(=O)c1ccccc1. The van der Waals surface area contributed by atoms with Crippen LogP contribution in [0.5, 0.6) is 0 Å². The van der Waals surface area contributed by atoms with Crippen LogP contribution in [0.3, 0.4) is 0 Å². The molecule has 0 aliphatic heterocycles. The molecule has 2 aromatic rings. The first kappa shape index (κ1) is 14.2. The third-order valence-electron chi connectivity index (χ3n) is 2.53. The molecule has 0 aliphatic rings. The zero-order valence-electron chi connectivity index (χ0n) is 10.2. The summed E-state index contributed by atoms with van der Waals surface area (Å²) >= 11 is 0. The number of anilines is 1. The van der Waals surface area contributed by atoms with Crippen molar-refractivity contribution in [1.82, 2.24) is 0 Å². The molecule has 2 aromatic carbocycles. The number of nitrogens with two attached hydrogens (primary N) is 1. The molecule has 0 fully saturated rings. The molecule has 0 aliphatic carbocycles. The van der Waals surface area contributed by atoms with Crippen LogP contribution in [-0.2, 0) is 10.0 Å². The van der Waals surface area contributed by atoms with Crippen LogP contribution in [-0.4, -0.2) is 14.3 Å². The van der Waals surface area contributed by atoms with Crippen molar-refractivity contribution in [2.75, 3.05) is 5.32 Å². The summed E-state index contributed by atoms with van der Waals surface area (Å²) in [5.41, 5.74) is 0.124. The largest absolute Gasteiger partial charge is 0.321 e. The number of nitrogens with one attached hydrogen (secondary N) is 1. The molecule has 0 saturated carbocycles. The van der Waals surface area contributed by atoms with E-state index in [2.05, 4.69) is 5.32 Å². The van der Waals surface area contributed by atoms with Crippen molar-refractivity contribution in [1.29, 1.82) is 0 Å². The zero-order chi connectivity index (χ0) is 14.8. The fourth-order valence-electron chi connectivity index (χ4n) is 1.63. The molecule has 0 atom stereocenters. The molecule has 0 heterocycles. The minimum Gasteiger partial charge on any atom is -0.321 e. The molecule has 5 nitrogen and oxygen atoms in total. The molecule has 0 bridgehead atoms. The number of hydrogen-bond donors (Lipinski definition) is 2. The van der Waals surface area contributed by atoms with Gasteiger partial charge in [0.1, 0.15) is 10.7 Å². The molecule has 20 heavy (non-hydrogen) atoms. The standard InChI is InChI=1S/C13H11FN2O3S/c14-10-6-7-12(20(15,18)19)11(8-10)16-13(17)9-4-2-1-3-5-9/h1-8H,(H,16,17)(H2,15,18,19). The number of halogens is 1.